The molecule has 0 radical (unpaired) electrons. The zero-order valence-electron chi connectivity index (χ0n) is 19.8. The first-order valence-corrected chi connectivity index (χ1v) is 11.3. The van der Waals surface area contributed by atoms with Gasteiger partial charge in [0.15, 0.2) is 5.78 Å². The predicted molar refractivity (Wildman–Crippen MR) is 127 cm³/mol. The average molecular weight is 439 g/mol. The molecule has 3 heterocycles. The minimum absolute atomic E-state index is 0.0282. The van der Waals surface area contributed by atoms with Crippen LogP contribution < -0.4 is 5.32 Å². The monoisotopic (exact) mass is 438 g/mol. The number of allylic oxidation sites excluding steroid dienone is 1. The van der Waals surface area contributed by atoms with Crippen molar-refractivity contribution < 1.29 is 14.0 Å². The van der Waals surface area contributed by atoms with Crippen LogP contribution in [0.25, 0.3) is 5.57 Å². The average Bonchev–Trinajstić information content (AvgIpc) is 3.17. The van der Waals surface area contributed by atoms with Gasteiger partial charge in [0.25, 0.3) is 0 Å². The van der Waals surface area contributed by atoms with Crippen LogP contribution in [0, 0.1) is 5.92 Å². The summed E-state index contributed by atoms with van der Waals surface area (Å²) in [5, 5.41) is 2.73. The zero-order valence-corrected chi connectivity index (χ0v) is 19.8. The molecule has 32 heavy (non-hydrogen) atoms. The summed E-state index contributed by atoms with van der Waals surface area (Å²) >= 11 is 0. The number of piperazine rings is 1. The molecule has 2 aromatic rings. The molecule has 1 N–H and O–H groups in total. The van der Waals surface area contributed by atoms with Crippen molar-refractivity contribution in [2.75, 3.05) is 38.5 Å². The van der Waals surface area contributed by atoms with Crippen LogP contribution >= 0.6 is 0 Å². The normalized spacial score (nSPS) is 16.7. The van der Waals surface area contributed by atoms with Crippen molar-refractivity contribution in [3.8, 4) is 0 Å². The molecular weight excluding hydrogens is 404 g/mol. The lowest BCUT2D eigenvalue weighted by molar-refractivity contribution is -0.114. The molecule has 1 aliphatic heterocycles. The summed E-state index contributed by atoms with van der Waals surface area (Å²) < 4.78 is 6.34. The number of ketones is 1. The van der Waals surface area contributed by atoms with Crippen LogP contribution in [0.3, 0.4) is 0 Å². The number of carbonyl (C=O) groups excluding carboxylic acids is 2. The fourth-order valence-electron chi connectivity index (χ4n) is 3.76. The van der Waals surface area contributed by atoms with Crippen molar-refractivity contribution in [2.24, 2.45) is 5.92 Å². The Bertz CT molecular complexity index is 987. The summed E-state index contributed by atoms with van der Waals surface area (Å²) in [7, 11) is 2.13. The predicted octanol–water partition coefficient (Wildman–Crippen LogP) is 4.06. The van der Waals surface area contributed by atoms with Gasteiger partial charge in [0, 0.05) is 44.9 Å². The largest absolute Gasteiger partial charge is 0.459 e. The van der Waals surface area contributed by atoms with Gasteiger partial charge in [0.1, 0.15) is 17.3 Å². The maximum absolute atomic E-state index is 12.5. The maximum atomic E-state index is 12.5. The molecule has 1 fully saturated rings. The number of nitrogens with one attached hydrogen (secondary N) is 1. The highest BCUT2D eigenvalue weighted by Gasteiger charge is 2.23. The van der Waals surface area contributed by atoms with Crippen molar-refractivity contribution in [3.63, 3.8) is 0 Å². The van der Waals surface area contributed by atoms with E-state index >= 15 is 0 Å². The Morgan fingerprint density at radius 3 is 2.56 bits per heavy atom. The van der Waals surface area contributed by atoms with E-state index in [1.54, 1.807) is 13.1 Å². The van der Waals surface area contributed by atoms with E-state index in [1.165, 1.54) is 6.92 Å². The molecule has 0 saturated carbocycles. The minimum atomic E-state index is -0.181. The van der Waals surface area contributed by atoms with Gasteiger partial charge in [-0.1, -0.05) is 26.3 Å². The van der Waals surface area contributed by atoms with E-state index in [-0.39, 0.29) is 17.6 Å². The second kappa shape index (κ2) is 10.7. The fraction of sp³-hybridized carbons (Fsp3) is 0.480. The highest BCUT2D eigenvalue weighted by atomic mass is 16.3. The Labute approximate surface area is 190 Å². The Kier molecular flexibility index (Phi) is 7.99. The third kappa shape index (κ3) is 6.14. The smallest absolute Gasteiger partial charge is 0.222 e. The van der Waals surface area contributed by atoms with Gasteiger partial charge in [-0.2, -0.15) is 0 Å². The number of amides is 1. The third-order valence-electron chi connectivity index (χ3n) is 5.85. The minimum Gasteiger partial charge on any atom is -0.459 e. The summed E-state index contributed by atoms with van der Waals surface area (Å²) in [6.07, 6.45) is 4.75. The van der Waals surface area contributed by atoms with Crippen LogP contribution in [0.4, 0.5) is 5.82 Å². The van der Waals surface area contributed by atoms with Crippen molar-refractivity contribution >= 4 is 23.1 Å². The van der Waals surface area contributed by atoms with E-state index in [0.29, 0.717) is 23.7 Å². The topological polar surface area (TPSA) is 78.7 Å². The summed E-state index contributed by atoms with van der Waals surface area (Å²) in [5.41, 5.74) is 2.29. The summed E-state index contributed by atoms with van der Waals surface area (Å²) in [5.74, 6) is 1.92. The van der Waals surface area contributed by atoms with Crippen LogP contribution in [0.2, 0.25) is 0 Å². The van der Waals surface area contributed by atoms with Gasteiger partial charge in [-0.3, -0.25) is 14.5 Å². The van der Waals surface area contributed by atoms with E-state index < -0.39 is 0 Å². The maximum Gasteiger partial charge on any atom is 0.222 e. The molecule has 172 valence electrons. The van der Waals surface area contributed by atoms with Gasteiger partial charge >= 0.3 is 0 Å². The highest BCUT2D eigenvalue weighted by Crippen LogP contribution is 2.32. The Morgan fingerprint density at radius 1 is 1.22 bits per heavy atom. The lowest BCUT2D eigenvalue weighted by atomic mass is 9.95. The van der Waals surface area contributed by atoms with E-state index in [9.17, 15) is 9.59 Å². The van der Waals surface area contributed by atoms with Gasteiger partial charge in [-0.05, 0) is 43.7 Å². The molecule has 7 heteroatoms. The van der Waals surface area contributed by atoms with Gasteiger partial charge in [-0.15, -0.1) is 0 Å². The molecule has 7 nitrogen and oxygen atoms in total. The molecule has 0 spiro atoms. The quantitative estimate of drug-likeness (QED) is 0.626. The molecule has 1 saturated heterocycles. The zero-order chi connectivity index (χ0) is 23.3. The second-order valence-corrected chi connectivity index (χ2v) is 8.67. The van der Waals surface area contributed by atoms with Crippen LogP contribution in [0.5, 0.6) is 0 Å². The number of hydrogen-bond donors (Lipinski definition) is 1. The summed E-state index contributed by atoms with van der Waals surface area (Å²) in [6, 6.07) is 5.59. The Morgan fingerprint density at radius 2 is 1.94 bits per heavy atom. The van der Waals surface area contributed by atoms with E-state index in [2.05, 4.69) is 47.1 Å². The standard InChI is InChI=1S/C25H34N4O3/c1-6-17(2)13-23(20-7-8-26-24(14-20)27-19(4)31)25-22(18(3)30)15-21(32-25)16-29-11-9-28(5)10-12-29/h7-8,13-15,17H,6,9-12,16H2,1-5H3,(H,26,27,31). The number of Topliss-reactive ketones (excluding diaryl/α,β-unsaturated/α-hetero) is 1. The number of likely N-dealkylation sites (N-methyl/N-ethyl adjacent to an activating group) is 1. The first-order chi connectivity index (χ1) is 15.3. The number of nitrogens with zero attached hydrogens (tertiary/aromatic N) is 3. The van der Waals surface area contributed by atoms with Crippen molar-refractivity contribution in [1.29, 1.82) is 0 Å². The SMILES string of the molecule is CCC(C)C=C(c1ccnc(NC(C)=O)c1)c1oc(CN2CCN(C)CC2)cc1C(C)=O. The molecule has 1 aliphatic rings. The number of hydrogen-bond acceptors (Lipinski definition) is 6. The number of furan rings is 1. The first-order valence-electron chi connectivity index (χ1n) is 11.3. The molecule has 1 unspecified atom stereocenters. The molecule has 1 atom stereocenters. The van der Waals surface area contributed by atoms with Crippen LogP contribution in [-0.2, 0) is 11.3 Å². The number of carbonyl (C=O) groups is 2. The van der Waals surface area contributed by atoms with E-state index in [0.717, 1.165) is 49.5 Å². The summed E-state index contributed by atoms with van der Waals surface area (Å²) in [6.45, 7) is 12.0. The van der Waals surface area contributed by atoms with Gasteiger partial charge in [-0.25, -0.2) is 4.98 Å². The van der Waals surface area contributed by atoms with Crippen molar-refractivity contribution in [2.45, 2.75) is 40.7 Å². The highest BCUT2D eigenvalue weighted by molar-refractivity contribution is 6.00. The van der Waals surface area contributed by atoms with Crippen molar-refractivity contribution in [3.05, 3.63) is 53.1 Å². The first kappa shape index (κ1) is 23.9. The Hall–Kier alpha value is -2.77. The van der Waals surface area contributed by atoms with Gasteiger partial charge in [0.05, 0.1) is 12.1 Å². The van der Waals surface area contributed by atoms with Gasteiger partial charge < -0.3 is 14.6 Å². The number of rotatable bonds is 8. The van der Waals surface area contributed by atoms with E-state index in [1.807, 2.05) is 18.2 Å². The lowest BCUT2D eigenvalue weighted by Gasteiger charge is -2.31. The number of pyridine rings is 1. The lowest BCUT2D eigenvalue weighted by Crippen LogP contribution is -2.43. The van der Waals surface area contributed by atoms with Crippen LogP contribution in [0.1, 0.15) is 61.6 Å². The Balaban J connectivity index is 2.01. The fourth-order valence-corrected chi connectivity index (χ4v) is 3.76. The van der Waals surface area contributed by atoms with Gasteiger partial charge in [0.2, 0.25) is 5.91 Å². The molecular formula is C25H34N4O3. The van der Waals surface area contributed by atoms with E-state index in [4.69, 9.17) is 4.42 Å². The number of anilines is 1. The molecule has 1 amide bonds. The number of aromatic nitrogens is 1. The van der Waals surface area contributed by atoms with Crippen LogP contribution in [0.15, 0.2) is 34.9 Å². The summed E-state index contributed by atoms with van der Waals surface area (Å²) in [4.78, 5) is 32.9. The van der Waals surface area contributed by atoms with Crippen LogP contribution in [-0.4, -0.2) is 59.7 Å². The third-order valence-corrected chi connectivity index (χ3v) is 5.85. The molecule has 0 aromatic carbocycles. The second-order valence-electron chi connectivity index (χ2n) is 8.67. The molecule has 3 rings (SSSR count). The molecule has 0 bridgehead atoms. The molecule has 2 aromatic heterocycles. The van der Waals surface area contributed by atoms with Crippen molar-refractivity contribution in [1.82, 2.24) is 14.8 Å². The molecule has 0 aliphatic carbocycles.